The first-order valence-corrected chi connectivity index (χ1v) is 6.23. The summed E-state index contributed by atoms with van der Waals surface area (Å²) in [4.78, 5) is 12.1. The van der Waals surface area contributed by atoms with Gasteiger partial charge in [-0.3, -0.25) is 0 Å². The van der Waals surface area contributed by atoms with Crippen molar-refractivity contribution in [3.05, 3.63) is 41.7 Å². The summed E-state index contributed by atoms with van der Waals surface area (Å²) in [7, 11) is 1.43. The number of hydrogen-bond donors (Lipinski definition) is 1. The molecule has 0 fully saturated rings. The number of hydrogen-bond acceptors (Lipinski definition) is 4. The van der Waals surface area contributed by atoms with Crippen molar-refractivity contribution in [3.63, 3.8) is 0 Å². The van der Waals surface area contributed by atoms with Gasteiger partial charge in [-0.1, -0.05) is 12.1 Å². The van der Waals surface area contributed by atoms with Gasteiger partial charge in [-0.2, -0.15) is 0 Å². The van der Waals surface area contributed by atoms with Crippen molar-refractivity contribution < 1.29 is 18.7 Å². The molecule has 20 heavy (non-hydrogen) atoms. The van der Waals surface area contributed by atoms with E-state index in [9.17, 15) is 9.18 Å². The molecule has 0 saturated heterocycles. The van der Waals surface area contributed by atoms with E-state index in [-0.39, 0.29) is 5.56 Å². The zero-order valence-electron chi connectivity index (χ0n) is 12.1. The Hall–Kier alpha value is -1.88. The first-order valence-electron chi connectivity index (χ1n) is 6.23. The van der Waals surface area contributed by atoms with Gasteiger partial charge in [0.2, 0.25) is 0 Å². The van der Waals surface area contributed by atoms with Gasteiger partial charge in [0.05, 0.1) is 19.5 Å². The zero-order chi connectivity index (χ0) is 15.3. The third-order valence-corrected chi connectivity index (χ3v) is 2.51. The van der Waals surface area contributed by atoms with Crippen LogP contribution in [0.3, 0.4) is 0 Å². The molecule has 0 bridgehead atoms. The molecule has 5 heteroatoms. The minimum atomic E-state index is -0.697. The minimum Gasteiger partial charge on any atom is -0.495 e. The second-order valence-corrected chi connectivity index (χ2v) is 5.27. The summed E-state index contributed by atoms with van der Waals surface area (Å²) >= 11 is 0. The van der Waals surface area contributed by atoms with Crippen LogP contribution in [0.5, 0.6) is 5.75 Å². The van der Waals surface area contributed by atoms with Crippen LogP contribution in [0.25, 0.3) is 0 Å². The van der Waals surface area contributed by atoms with Gasteiger partial charge in [-0.05, 0) is 32.9 Å². The van der Waals surface area contributed by atoms with Crippen LogP contribution in [-0.2, 0) is 4.74 Å². The predicted octanol–water partition coefficient (Wildman–Crippen LogP) is 3.13. The lowest BCUT2D eigenvalue weighted by atomic mass is 10.0. The Bertz CT molecular complexity index is 506. The molecule has 0 saturated carbocycles. The van der Waals surface area contributed by atoms with Gasteiger partial charge in [0.1, 0.15) is 16.9 Å². The molecule has 0 aliphatic rings. The molecule has 0 aromatic heterocycles. The quantitative estimate of drug-likeness (QED) is 0.861. The number of esters is 1. The second-order valence-electron chi connectivity index (χ2n) is 5.27. The fourth-order valence-corrected chi connectivity index (χ4v) is 1.72. The molecule has 1 aromatic carbocycles. The topological polar surface area (TPSA) is 61.5 Å². The molecule has 1 unspecified atom stereocenters. The summed E-state index contributed by atoms with van der Waals surface area (Å²) in [6.45, 7) is 5.33. The van der Waals surface area contributed by atoms with Crippen molar-refractivity contribution in [3.8, 4) is 5.75 Å². The summed E-state index contributed by atoms with van der Waals surface area (Å²) < 4.78 is 22.8. The lowest BCUT2D eigenvalue weighted by Gasteiger charge is -2.21. The molecule has 1 aromatic rings. The molecule has 0 radical (unpaired) electrons. The van der Waals surface area contributed by atoms with Crippen LogP contribution in [0.2, 0.25) is 0 Å². The van der Waals surface area contributed by atoms with E-state index in [2.05, 4.69) is 0 Å². The van der Waals surface area contributed by atoms with E-state index < -0.39 is 17.6 Å². The highest BCUT2D eigenvalue weighted by atomic mass is 19.1. The molecule has 110 valence electrons. The van der Waals surface area contributed by atoms with Crippen LogP contribution in [0.15, 0.2) is 30.6 Å². The highest BCUT2D eigenvalue weighted by Gasteiger charge is 2.23. The number of benzene rings is 1. The standard InChI is InChI=1S/C15H20FNO3/c1-15(2,3)20-14(18)11-7-5-6-10(13(11)19-4)12(17)8-9-16/h5-9,12H,17H2,1-4H3/b9-8+. The van der Waals surface area contributed by atoms with E-state index in [0.29, 0.717) is 17.6 Å². The highest BCUT2D eigenvalue weighted by molar-refractivity contribution is 5.93. The van der Waals surface area contributed by atoms with E-state index >= 15 is 0 Å². The summed E-state index contributed by atoms with van der Waals surface area (Å²) in [5.41, 5.74) is 5.99. The third kappa shape index (κ3) is 4.06. The predicted molar refractivity (Wildman–Crippen MR) is 75.3 cm³/mol. The van der Waals surface area contributed by atoms with Crippen molar-refractivity contribution in [1.29, 1.82) is 0 Å². The fourth-order valence-electron chi connectivity index (χ4n) is 1.72. The van der Waals surface area contributed by atoms with Crippen molar-refractivity contribution in [2.24, 2.45) is 5.73 Å². The molecule has 0 heterocycles. The largest absolute Gasteiger partial charge is 0.495 e. The number of para-hydroxylation sites is 1. The van der Waals surface area contributed by atoms with Gasteiger partial charge in [-0.25, -0.2) is 9.18 Å². The molecule has 0 spiro atoms. The Morgan fingerprint density at radius 1 is 1.40 bits per heavy atom. The number of carbonyl (C=O) groups is 1. The van der Waals surface area contributed by atoms with Crippen molar-refractivity contribution in [2.45, 2.75) is 32.4 Å². The van der Waals surface area contributed by atoms with Crippen LogP contribution in [0.4, 0.5) is 4.39 Å². The van der Waals surface area contributed by atoms with Gasteiger partial charge in [-0.15, -0.1) is 0 Å². The number of carbonyl (C=O) groups excluding carboxylic acids is 1. The van der Waals surface area contributed by atoms with Crippen molar-refractivity contribution in [1.82, 2.24) is 0 Å². The molecule has 1 rings (SSSR count). The summed E-state index contributed by atoms with van der Waals surface area (Å²) in [5.74, 6) is -0.208. The van der Waals surface area contributed by atoms with E-state index in [1.54, 1.807) is 39.0 Å². The minimum absolute atomic E-state index is 0.266. The number of nitrogens with two attached hydrogens (primary N) is 1. The third-order valence-electron chi connectivity index (χ3n) is 2.51. The van der Waals surface area contributed by atoms with Crippen LogP contribution < -0.4 is 10.5 Å². The molecule has 1 atom stereocenters. The molecule has 0 aliphatic heterocycles. The number of methoxy groups -OCH3 is 1. The maximum Gasteiger partial charge on any atom is 0.342 e. The van der Waals surface area contributed by atoms with E-state index in [4.69, 9.17) is 15.2 Å². The van der Waals surface area contributed by atoms with E-state index in [1.807, 2.05) is 0 Å². The molecule has 0 aliphatic carbocycles. The zero-order valence-corrected chi connectivity index (χ0v) is 12.1. The first kappa shape index (κ1) is 16.2. The SMILES string of the molecule is COc1c(C(=O)OC(C)(C)C)cccc1C(N)/C=C/F. The van der Waals surface area contributed by atoms with Gasteiger partial charge < -0.3 is 15.2 Å². The Labute approximate surface area is 118 Å². The summed E-state index contributed by atoms with van der Waals surface area (Å²) in [6.07, 6.45) is 1.54. The normalized spacial score (nSPS) is 13.3. The summed E-state index contributed by atoms with van der Waals surface area (Å²) in [5, 5.41) is 0. The van der Waals surface area contributed by atoms with Crippen LogP contribution >= 0.6 is 0 Å². The average molecular weight is 281 g/mol. The van der Waals surface area contributed by atoms with E-state index in [1.165, 1.54) is 13.2 Å². The Morgan fingerprint density at radius 2 is 2.05 bits per heavy atom. The molecule has 4 nitrogen and oxygen atoms in total. The smallest absolute Gasteiger partial charge is 0.342 e. The van der Waals surface area contributed by atoms with Crippen LogP contribution in [-0.4, -0.2) is 18.7 Å². The number of halogens is 1. The number of ether oxygens (including phenoxy) is 2. The molecule has 0 amide bonds. The van der Waals surface area contributed by atoms with Gasteiger partial charge in [0, 0.05) is 5.56 Å². The first-order chi connectivity index (χ1) is 9.30. The Morgan fingerprint density at radius 3 is 2.55 bits per heavy atom. The van der Waals surface area contributed by atoms with E-state index in [0.717, 1.165) is 0 Å². The Kier molecular flexibility index (Phi) is 5.27. The lowest BCUT2D eigenvalue weighted by molar-refractivity contribution is 0.00663. The van der Waals surface area contributed by atoms with Gasteiger partial charge >= 0.3 is 5.97 Å². The van der Waals surface area contributed by atoms with Crippen molar-refractivity contribution in [2.75, 3.05) is 7.11 Å². The fraction of sp³-hybridized carbons (Fsp3) is 0.400. The molecular formula is C15H20FNO3. The highest BCUT2D eigenvalue weighted by Crippen LogP contribution is 2.30. The molecular weight excluding hydrogens is 261 g/mol. The summed E-state index contributed by atoms with van der Waals surface area (Å²) in [6, 6.07) is 4.22. The maximum atomic E-state index is 12.3. The molecule has 2 N–H and O–H groups in total. The van der Waals surface area contributed by atoms with Crippen molar-refractivity contribution >= 4 is 5.97 Å². The van der Waals surface area contributed by atoms with Crippen LogP contribution in [0.1, 0.15) is 42.7 Å². The monoisotopic (exact) mass is 281 g/mol. The second kappa shape index (κ2) is 6.52. The lowest BCUT2D eigenvalue weighted by Crippen LogP contribution is -2.24. The Balaban J connectivity index is 3.21. The van der Waals surface area contributed by atoms with Crippen LogP contribution in [0, 0.1) is 0 Å². The number of rotatable bonds is 4. The maximum absolute atomic E-state index is 12.3. The average Bonchev–Trinajstić information content (AvgIpc) is 2.35. The van der Waals surface area contributed by atoms with Gasteiger partial charge in [0.25, 0.3) is 0 Å². The van der Waals surface area contributed by atoms with Gasteiger partial charge in [0.15, 0.2) is 0 Å².